The van der Waals surface area contributed by atoms with E-state index in [0.717, 1.165) is 11.3 Å². The van der Waals surface area contributed by atoms with Crippen LogP contribution in [0.4, 0.5) is 17.1 Å². The van der Waals surface area contributed by atoms with E-state index in [-0.39, 0.29) is 25.3 Å². The van der Waals surface area contributed by atoms with Gasteiger partial charge in [-0.1, -0.05) is 48.5 Å². The molecular weight excluding hydrogens is 420 g/mol. The fraction of sp³-hybridized carbons (Fsp3) is 0.160. The third-order valence-electron chi connectivity index (χ3n) is 4.41. The zero-order valence-corrected chi connectivity index (χ0v) is 17.9. The van der Waals surface area contributed by atoms with E-state index in [2.05, 4.69) is 20.9 Å². The second-order valence-electron chi connectivity index (χ2n) is 7.05. The molecule has 0 atom stereocenters. The van der Waals surface area contributed by atoms with Crippen molar-refractivity contribution in [3.63, 3.8) is 0 Å². The molecule has 8 heteroatoms. The molecule has 0 unspecified atom stereocenters. The van der Waals surface area contributed by atoms with Crippen LogP contribution in [0.1, 0.15) is 12.0 Å². The lowest BCUT2D eigenvalue weighted by molar-refractivity contribution is -0.147. The second kappa shape index (κ2) is 12.5. The lowest BCUT2D eigenvalue weighted by Crippen LogP contribution is -2.28. The molecule has 2 N–H and O–H groups in total. The van der Waals surface area contributed by atoms with E-state index >= 15 is 0 Å². The highest BCUT2D eigenvalue weighted by molar-refractivity contribution is 5.92. The number of ether oxygens (including phenoxy) is 1. The van der Waals surface area contributed by atoms with Crippen molar-refractivity contribution in [2.75, 3.05) is 18.5 Å². The summed E-state index contributed by atoms with van der Waals surface area (Å²) < 4.78 is 4.95. The molecule has 3 rings (SSSR count). The molecule has 0 bridgehead atoms. The molecule has 0 fully saturated rings. The Hall–Kier alpha value is -4.33. The number of hydrogen-bond donors (Lipinski definition) is 2. The molecule has 33 heavy (non-hydrogen) atoms. The topological polar surface area (TPSA) is 109 Å². The summed E-state index contributed by atoms with van der Waals surface area (Å²) in [5, 5.41) is 13.6. The molecule has 8 nitrogen and oxygen atoms in total. The number of rotatable bonds is 10. The van der Waals surface area contributed by atoms with Gasteiger partial charge in [0.2, 0.25) is 5.91 Å². The van der Waals surface area contributed by atoms with Crippen LogP contribution in [0.2, 0.25) is 0 Å². The molecule has 0 spiro atoms. The number of nitrogens with zero attached hydrogens (tertiary/aromatic N) is 2. The van der Waals surface area contributed by atoms with Crippen molar-refractivity contribution in [3.8, 4) is 0 Å². The normalized spacial score (nSPS) is 10.5. The first-order chi connectivity index (χ1) is 16.1. The highest BCUT2D eigenvalue weighted by Gasteiger charge is 2.09. The van der Waals surface area contributed by atoms with Gasteiger partial charge in [-0.3, -0.25) is 14.4 Å². The van der Waals surface area contributed by atoms with E-state index in [1.165, 1.54) is 0 Å². The number of anilines is 1. The maximum Gasteiger partial charge on any atom is 0.308 e. The van der Waals surface area contributed by atoms with E-state index in [9.17, 15) is 14.4 Å². The lowest BCUT2D eigenvalue weighted by Gasteiger charge is -2.08. The third kappa shape index (κ3) is 8.74. The summed E-state index contributed by atoms with van der Waals surface area (Å²) in [7, 11) is 0. The molecule has 0 aromatic heterocycles. The summed E-state index contributed by atoms with van der Waals surface area (Å²) in [6, 6.07) is 25.4. The molecular formula is C25H24N4O4. The maximum atomic E-state index is 12.0. The molecule has 2 amide bonds. The van der Waals surface area contributed by atoms with Crippen molar-refractivity contribution in [2.24, 2.45) is 10.2 Å². The van der Waals surface area contributed by atoms with Gasteiger partial charge in [-0.25, -0.2) is 0 Å². The van der Waals surface area contributed by atoms with Crippen LogP contribution in [0.15, 0.2) is 95.2 Å². The molecule has 0 saturated heterocycles. The third-order valence-corrected chi connectivity index (χ3v) is 4.41. The fourth-order valence-electron chi connectivity index (χ4n) is 2.78. The Morgan fingerprint density at radius 1 is 0.727 bits per heavy atom. The van der Waals surface area contributed by atoms with Crippen molar-refractivity contribution in [1.82, 2.24) is 5.32 Å². The molecule has 0 radical (unpaired) electrons. The van der Waals surface area contributed by atoms with Crippen molar-refractivity contribution >= 4 is 34.8 Å². The Balaban J connectivity index is 1.32. The Labute approximate surface area is 191 Å². The van der Waals surface area contributed by atoms with Crippen molar-refractivity contribution < 1.29 is 19.1 Å². The number of esters is 1. The Kier molecular flexibility index (Phi) is 8.84. The second-order valence-corrected chi connectivity index (χ2v) is 7.05. The van der Waals surface area contributed by atoms with Crippen molar-refractivity contribution in [1.29, 1.82) is 0 Å². The predicted octanol–water partition coefficient (Wildman–Crippen LogP) is 4.33. The molecule has 0 saturated carbocycles. The van der Waals surface area contributed by atoms with E-state index in [0.29, 0.717) is 11.4 Å². The summed E-state index contributed by atoms with van der Waals surface area (Å²) in [4.78, 5) is 35.7. The number of azo groups is 1. The first-order valence-electron chi connectivity index (χ1n) is 10.4. The van der Waals surface area contributed by atoms with Gasteiger partial charge in [-0.2, -0.15) is 10.2 Å². The van der Waals surface area contributed by atoms with Crippen LogP contribution in [-0.2, 0) is 25.5 Å². The van der Waals surface area contributed by atoms with Crippen LogP contribution in [-0.4, -0.2) is 30.9 Å². The molecule has 3 aromatic rings. The van der Waals surface area contributed by atoms with Gasteiger partial charge in [-0.15, -0.1) is 0 Å². The molecule has 0 aliphatic rings. The number of hydrogen-bond acceptors (Lipinski definition) is 6. The van der Waals surface area contributed by atoms with Crippen LogP contribution < -0.4 is 10.6 Å². The Bertz CT molecular complexity index is 1080. The van der Waals surface area contributed by atoms with Crippen molar-refractivity contribution in [2.45, 2.75) is 12.8 Å². The predicted molar refractivity (Wildman–Crippen MR) is 124 cm³/mol. The van der Waals surface area contributed by atoms with Gasteiger partial charge in [-0.05, 0) is 42.0 Å². The minimum Gasteiger partial charge on any atom is -0.456 e. The maximum absolute atomic E-state index is 12.0. The van der Waals surface area contributed by atoms with Gasteiger partial charge in [0.05, 0.1) is 24.2 Å². The van der Waals surface area contributed by atoms with Gasteiger partial charge in [0.15, 0.2) is 6.61 Å². The SMILES string of the molecule is O=C(Cc1ccccc1)NCCC(=O)OCC(=O)Nc1ccc(N=Nc2ccccc2)cc1. The molecule has 168 valence electrons. The smallest absolute Gasteiger partial charge is 0.308 e. The van der Waals surface area contributed by atoms with Gasteiger partial charge in [0.1, 0.15) is 0 Å². The summed E-state index contributed by atoms with van der Waals surface area (Å²) in [5.74, 6) is -1.21. The average molecular weight is 444 g/mol. The van der Waals surface area contributed by atoms with Gasteiger partial charge in [0.25, 0.3) is 5.91 Å². The van der Waals surface area contributed by atoms with E-state index in [4.69, 9.17) is 4.74 Å². The van der Waals surface area contributed by atoms with E-state index in [1.54, 1.807) is 24.3 Å². The Morgan fingerprint density at radius 3 is 2.00 bits per heavy atom. The highest BCUT2D eigenvalue weighted by Crippen LogP contribution is 2.20. The standard InChI is InChI=1S/C25H24N4O4/c30-23(17-19-7-3-1-4-8-19)26-16-15-25(32)33-18-24(31)27-20-11-13-22(14-12-20)29-28-21-9-5-2-6-10-21/h1-14H,15-18H2,(H,26,30)(H,27,31). The summed E-state index contributed by atoms with van der Waals surface area (Å²) >= 11 is 0. The van der Waals surface area contributed by atoms with Gasteiger partial charge >= 0.3 is 5.97 Å². The summed E-state index contributed by atoms with van der Waals surface area (Å²) in [6.45, 7) is -0.266. The number of carbonyl (C=O) groups excluding carboxylic acids is 3. The van der Waals surface area contributed by atoms with Crippen molar-refractivity contribution in [3.05, 3.63) is 90.5 Å². The van der Waals surface area contributed by atoms with Crippen LogP contribution in [0.25, 0.3) is 0 Å². The highest BCUT2D eigenvalue weighted by atomic mass is 16.5. The lowest BCUT2D eigenvalue weighted by atomic mass is 10.1. The number of benzene rings is 3. The Morgan fingerprint density at radius 2 is 1.33 bits per heavy atom. The number of amides is 2. The fourth-order valence-corrected chi connectivity index (χ4v) is 2.78. The number of nitrogens with one attached hydrogen (secondary N) is 2. The number of carbonyl (C=O) groups is 3. The zero-order chi connectivity index (χ0) is 23.3. The quantitative estimate of drug-likeness (QED) is 0.358. The summed E-state index contributed by atoms with van der Waals surface area (Å²) in [6.07, 6.45) is 0.222. The molecule has 0 aliphatic carbocycles. The first kappa shape index (κ1) is 23.3. The van der Waals surface area contributed by atoms with E-state index < -0.39 is 18.5 Å². The largest absolute Gasteiger partial charge is 0.456 e. The zero-order valence-electron chi connectivity index (χ0n) is 17.9. The van der Waals surface area contributed by atoms with Crippen LogP contribution >= 0.6 is 0 Å². The molecule has 0 heterocycles. The monoisotopic (exact) mass is 444 g/mol. The molecule has 3 aromatic carbocycles. The van der Waals surface area contributed by atoms with Gasteiger partial charge < -0.3 is 15.4 Å². The van der Waals surface area contributed by atoms with Gasteiger partial charge in [0, 0.05) is 12.2 Å². The minimum atomic E-state index is -0.568. The molecule has 0 aliphatic heterocycles. The average Bonchev–Trinajstić information content (AvgIpc) is 2.83. The van der Waals surface area contributed by atoms with Crippen LogP contribution in [0.3, 0.4) is 0 Å². The summed E-state index contributed by atoms with van der Waals surface area (Å²) in [5.41, 5.74) is 2.81. The van der Waals surface area contributed by atoms with E-state index in [1.807, 2.05) is 60.7 Å². The minimum absolute atomic E-state index is 0.0189. The van der Waals surface area contributed by atoms with Crippen LogP contribution in [0, 0.1) is 0 Å². The first-order valence-corrected chi connectivity index (χ1v) is 10.4. The van der Waals surface area contributed by atoms with Crippen LogP contribution in [0.5, 0.6) is 0 Å².